The second-order valence-corrected chi connectivity index (χ2v) is 6.04. The zero-order chi connectivity index (χ0) is 17.8. The van der Waals surface area contributed by atoms with Gasteiger partial charge in [0.2, 0.25) is 5.91 Å². The first-order valence-electron chi connectivity index (χ1n) is 7.73. The first kappa shape index (κ1) is 18.3. The molecule has 1 aromatic rings. The Morgan fingerprint density at radius 2 is 2.00 bits per heavy atom. The molecular formula is C17H19F3N2O2. The van der Waals surface area contributed by atoms with Gasteiger partial charge in [0.15, 0.2) is 0 Å². The Labute approximate surface area is 138 Å². The highest BCUT2D eigenvalue weighted by Crippen LogP contribution is 2.36. The summed E-state index contributed by atoms with van der Waals surface area (Å²) >= 11 is 0. The smallest absolute Gasteiger partial charge is 0.381 e. The van der Waals surface area contributed by atoms with E-state index in [1.807, 2.05) is 0 Å². The number of carbonyl (C=O) groups excluding carboxylic acids is 1. The lowest BCUT2D eigenvalue weighted by Crippen LogP contribution is -2.51. The summed E-state index contributed by atoms with van der Waals surface area (Å²) in [5, 5.41) is 12.0. The number of rotatable bonds is 4. The van der Waals surface area contributed by atoms with Crippen molar-refractivity contribution in [2.24, 2.45) is 0 Å². The molecule has 1 atom stereocenters. The highest BCUT2D eigenvalue weighted by Gasteiger charge is 2.36. The quantitative estimate of drug-likeness (QED) is 0.914. The Hall–Kier alpha value is -2.07. The fraction of sp³-hybridized carbons (Fsp3) is 0.529. The number of ether oxygens (including phenoxy) is 1. The van der Waals surface area contributed by atoms with Crippen LogP contribution in [0.3, 0.4) is 0 Å². The van der Waals surface area contributed by atoms with Crippen LogP contribution < -0.4 is 5.32 Å². The lowest BCUT2D eigenvalue weighted by Gasteiger charge is -2.32. The Balaban J connectivity index is 2.09. The zero-order valence-corrected chi connectivity index (χ0v) is 13.3. The lowest BCUT2D eigenvalue weighted by atomic mass is 9.89. The Bertz CT molecular complexity index is 631. The van der Waals surface area contributed by atoms with E-state index in [2.05, 4.69) is 11.4 Å². The molecule has 0 aromatic heterocycles. The number of hydrogen-bond acceptors (Lipinski definition) is 3. The summed E-state index contributed by atoms with van der Waals surface area (Å²) in [5.41, 5.74) is -1.64. The summed E-state index contributed by atoms with van der Waals surface area (Å²) in [5.74, 6) is -1.04. The molecule has 1 unspecified atom stereocenters. The van der Waals surface area contributed by atoms with E-state index >= 15 is 0 Å². The van der Waals surface area contributed by atoms with E-state index in [0.29, 0.717) is 26.1 Å². The van der Waals surface area contributed by atoms with E-state index in [1.54, 1.807) is 6.92 Å². The van der Waals surface area contributed by atoms with Crippen LogP contribution in [0, 0.1) is 11.3 Å². The van der Waals surface area contributed by atoms with Crippen LogP contribution in [0.2, 0.25) is 0 Å². The largest absolute Gasteiger partial charge is 0.416 e. The molecule has 1 aliphatic rings. The maximum Gasteiger partial charge on any atom is 0.416 e. The molecule has 0 bridgehead atoms. The molecular weight excluding hydrogens is 321 g/mol. The SMILES string of the molecule is CC(CC(=O)NC1(C#N)CCOCC1)c1ccccc1C(F)(F)F. The van der Waals surface area contributed by atoms with E-state index in [-0.39, 0.29) is 12.0 Å². The van der Waals surface area contributed by atoms with Crippen molar-refractivity contribution in [3.8, 4) is 6.07 Å². The number of nitrogens with zero attached hydrogens (tertiary/aromatic N) is 1. The van der Waals surface area contributed by atoms with E-state index in [0.717, 1.165) is 6.07 Å². The first-order chi connectivity index (χ1) is 11.3. The number of hydrogen-bond donors (Lipinski definition) is 1. The third-order valence-electron chi connectivity index (χ3n) is 4.23. The van der Waals surface area contributed by atoms with Crippen molar-refractivity contribution in [2.75, 3.05) is 13.2 Å². The lowest BCUT2D eigenvalue weighted by molar-refractivity contribution is -0.138. The molecule has 1 aliphatic heterocycles. The molecule has 2 rings (SSSR count). The number of nitriles is 1. The Kier molecular flexibility index (Phi) is 5.50. The van der Waals surface area contributed by atoms with Crippen molar-refractivity contribution < 1.29 is 22.7 Å². The van der Waals surface area contributed by atoms with Crippen LogP contribution in [0.1, 0.15) is 43.2 Å². The highest BCUT2D eigenvalue weighted by molar-refractivity contribution is 5.78. The summed E-state index contributed by atoms with van der Waals surface area (Å²) in [7, 11) is 0. The minimum Gasteiger partial charge on any atom is -0.381 e. The fourth-order valence-corrected chi connectivity index (χ4v) is 2.88. The van der Waals surface area contributed by atoms with Gasteiger partial charge in [-0.15, -0.1) is 0 Å². The van der Waals surface area contributed by atoms with Gasteiger partial charge in [-0.25, -0.2) is 0 Å². The van der Waals surface area contributed by atoms with Crippen LogP contribution in [0.25, 0.3) is 0 Å². The summed E-state index contributed by atoms with van der Waals surface area (Å²) in [4.78, 5) is 12.2. The fourth-order valence-electron chi connectivity index (χ4n) is 2.88. The van der Waals surface area contributed by atoms with Crippen LogP contribution in [0.4, 0.5) is 13.2 Å². The number of halogens is 3. The van der Waals surface area contributed by atoms with Crippen molar-refractivity contribution in [3.05, 3.63) is 35.4 Å². The third kappa shape index (κ3) is 4.26. The van der Waals surface area contributed by atoms with Crippen molar-refractivity contribution in [2.45, 2.75) is 43.8 Å². The molecule has 0 aliphatic carbocycles. The summed E-state index contributed by atoms with van der Waals surface area (Å²) in [6, 6.07) is 7.35. The van der Waals surface area contributed by atoms with E-state index in [9.17, 15) is 23.2 Å². The first-order valence-corrected chi connectivity index (χ1v) is 7.73. The zero-order valence-electron chi connectivity index (χ0n) is 13.3. The second-order valence-electron chi connectivity index (χ2n) is 6.04. The maximum absolute atomic E-state index is 13.1. The molecule has 24 heavy (non-hydrogen) atoms. The molecule has 1 amide bonds. The molecule has 1 heterocycles. The van der Waals surface area contributed by atoms with Gasteiger partial charge >= 0.3 is 6.18 Å². The molecule has 1 fully saturated rings. The molecule has 0 spiro atoms. The number of carbonyl (C=O) groups is 1. The average molecular weight is 340 g/mol. The van der Waals surface area contributed by atoms with Crippen molar-refractivity contribution in [3.63, 3.8) is 0 Å². The van der Waals surface area contributed by atoms with Gasteiger partial charge in [-0.05, 0) is 17.5 Å². The van der Waals surface area contributed by atoms with Crippen LogP contribution in [0.15, 0.2) is 24.3 Å². The highest BCUT2D eigenvalue weighted by atomic mass is 19.4. The summed E-state index contributed by atoms with van der Waals surface area (Å²) in [6.07, 6.45) is -3.82. The number of amides is 1. The topological polar surface area (TPSA) is 62.1 Å². The molecule has 0 radical (unpaired) electrons. The van der Waals surface area contributed by atoms with Crippen LogP contribution in [-0.4, -0.2) is 24.7 Å². The molecule has 130 valence electrons. The molecule has 1 aromatic carbocycles. The van der Waals surface area contributed by atoms with Crippen LogP contribution in [-0.2, 0) is 15.7 Å². The predicted molar refractivity (Wildman–Crippen MR) is 81.0 cm³/mol. The maximum atomic E-state index is 13.1. The molecule has 7 heteroatoms. The normalized spacial score (nSPS) is 18.5. The summed E-state index contributed by atoms with van der Waals surface area (Å²) in [6.45, 7) is 2.33. The second kappa shape index (κ2) is 7.22. The van der Waals surface area contributed by atoms with Crippen LogP contribution in [0.5, 0.6) is 0 Å². The molecule has 1 saturated heterocycles. The van der Waals surface area contributed by atoms with Gasteiger partial charge in [0, 0.05) is 32.5 Å². The minimum absolute atomic E-state index is 0.0816. The van der Waals surface area contributed by atoms with Crippen LogP contribution >= 0.6 is 0 Å². The molecule has 1 N–H and O–H groups in total. The van der Waals surface area contributed by atoms with Gasteiger partial charge in [0.25, 0.3) is 0 Å². The minimum atomic E-state index is -4.46. The molecule has 4 nitrogen and oxygen atoms in total. The van der Waals surface area contributed by atoms with Gasteiger partial charge in [-0.1, -0.05) is 25.1 Å². The van der Waals surface area contributed by atoms with Gasteiger partial charge in [-0.3, -0.25) is 4.79 Å². The number of alkyl halides is 3. The monoisotopic (exact) mass is 340 g/mol. The predicted octanol–water partition coefficient (Wildman–Crippen LogP) is 3.39. The average Bonchev–Trinajstić information content (AvgIpc) is 2.54. The Morgan fingerprint density at radius 1 is 1.38 bits per heavy atom. The van der Waals surface area contributed by atoms with E-state index in [4.69, 9.17) is 4.74 Å². The van der Waals surface area contributed by atoms with Gasteiger partial charge in [0.05, 0.1) is 11.6 Å². The van der Waals surface area contributed by atoms with Gasteiger partial charge < -0.3 is 10.1 Å². The van der Waals surface area contributed by atoms with Gasteiger partial charge in [-0.2, -0.15) is 18.4 Å². The van der Waals surface area contributed by atoms with E-state index < -0.39 is 29.1 Å². The van der Waals surface area contributed by atoms with Gasteiger partial charge in [0.1, 0.15) is 5.54 Å². The van der Waals surface area contributed by atoms with Crippen molar-refractivity contribution >= 4 is 5.91 Å². The third-order valence-corrected chi connectivity index (χ3v) is 4.23. The number of nitrogens with one attached hydrogen (secondary N) is 1. The summed E-state index contributed by atoms with van der Waals surface area (Å²) < 4.78 is 44.4. The van der Waals surface area contributed by atoms with Crippen molar-refractivity contribution in [1.82, 2.24) is 5.32 Å². The molecule has 0 saturated carbocycles. The number of benzene rings is 1. The van der Waals surface area contributed by atoms with Crippen molar-refractivity contribution in [1.29, 1.82) is 5.26 Å². The van der Waals surface area contributed by atoms with E-state index in [1.165, 1.54) is 18.2 Å². The Morgan fingerprint density at radius 3 is 2.58 bits per heavy atom. The standard InChI is InChI=1S/C17H19F3N2O2/c1-12(13-4-2-3-5-14(13)17(18,19)20)10-15(23)22-16(11-21)6-8-24-9-7-16/h2-5,12H,6-10H2,1H3,(H,22,23).